The smallest absolute Gasteiger partial charge is 0.117 e. The molecule has 2 aliphatic rings. The number of nitrogens with one attached hydrogen (secondary N) is 1. The SMILES string of the molecule is Cc1ccc(CNC2C(C)(C)[C@H]3CC[C@]2(C)C3)o1. The number of hydrogen-bond acceptors (Lipinski definition) is 2. The van der Waals surface area contributed by atoms with Crippen LogP contribution in [0.4, 0.5) is 0 Å². The van der Waals surface area contributed by atoms with E-state index >= 15 is 0 Å². The van der Waals surface area contributed by atoms with Gasteiger partial charge in [0, 0.05) is 6.04 Å². The molecule has 2 nitrogen and oxygen atoms in total. The fourth-order valence-corrected chi connectivity index (χ4v) is 4.59. The lowest BCUT2D eigenvalue weighted by molar-refractivity contribution is 0.106. The van der Waals surface area contributed by atoms with Gasteiger partial charge in [-0.2, -0.15) is 0 Å². The van der Waals surface area contributed by atoms with Gasteiger partial charge in [-0.05, 0) is 55.1 Å². The van der Waals surface area contributed by atoms with Crippen molar-refractivity contribution in [2.45, 2.75) is 59.5 Å². The van der Waals surface area contributed by atoms with E-state index in [1.807, 2.05) is 13.0 Å². The maximum Gasteiger partial charge on any atom is 0.117 e. The first kappa shape index (κ1) is 12.3. The molecule has 0 radical (unpaired) electrons. The molecule has 1 aromatic rings. The molecule has 3 rings (SSSR count). The van der Waals surface area contributed by atoms with E-state index in [9.17, 15) is 0 Å². The molecule has 100 valence electrons. The molecule has 3 atom stereocenters. The van der Waals surface area contributed by atoms with E-state index in [4.69, 9.17) is 4.42 Å². The predicted octanol–water partition coefficient (Wildman–Crippen LogP) is 3.89. The van der Waals surface area contributed by atoms with Crippen LogP contribution in [-0.4, -0.2) is 6.04 Å². The van der Waals surface area contributed by atoms with Crippen LogP contribution in [-0.2, 0) is 6.54 Å². The van der Waals surface area contributed by atoms with Gasteiger partial charge in [-0.25, -0.2) is 0 Å². The van der Waals surface area contributed by atoms with Crippen molar-refractivity contribution in [1.29, 1.82) is 0 Å². The molecule has 2 fully saturated rings. The Hall–Kier alpha value is -0.760. The molecule has 18 heavy (non-hydrogen) atoms. The Kier molecular flexibility index (Phi) is 2.64. The molecule has 2 saturated carbocycles. The minimum atomic E-state index is 0.425. The first-order valence-electron chi connectivity index (χ1n) is 7.20. The van der Waals surface area contributed by atoms with E-state index in [0.29, 0.717) is 16.9 Å². The third-order valence-corrected chi connectivity index (χ3v) is 5.55. The second kappa shape index (κ2) is 3.86. The summed E-state index contributed by atoms with van der Waals surface area (Å²) in [5.74, 6) is 2.97. The Morgan fingerprint density at radius 1 is 1.33 bits per heavy atom. The van der Waals surface area contributed by atoms with Crippen molar-refractivity contribution in [3.05, 3.63) is 23.7 Å². The highest BCUT2D eigenvalue weighted by Gasteiger charge is 2.58. The summed E-state index contributed by atoms with van der Waals surface area (Å²) in [6, 6.07) is 4.75. The van der Waals surface area contributed by atoms with Gasteiger partial charge in [-0.15, -0.1) is 0 Å². The third-order valence-electron chi connectivity index (χ3n) is 5.55. The zero-order valence-corrected chi connectivity index (χ0v) is 12.0. The van der Waals surface area contributed by atoms with Gasteiger partial charge in [0.15, 0.2) is 0 Å². The summed E-state index contributed by atoms with van der Waals surface area (Å²) in [4.78, 5) is 0. The zero-order chi connectivity index (χ0) is 13.0. The first-order chi connectivity index (χ1) is 8.42. The lowest BCUT2D eigenvalue weighted by Gasteiger charge is -2.43. The summed E-state index contributed by atoms with van der Waals surface area (Å²) in [5.41, 5.74) is 0.921. The molecular formula is C16H25NO. The van der Waals surface area contributed by atoms with Crippen LogP contribution < -0.4 is 5.32 Å². The average Bonchev–Trinajstić information content (AvgIpc) is 2.89. The molecule has 0 aromatic carbocycles. The van der Waals surface area contributed by atoms with E-state index < -0.39 is 0 Å². The van der Waals surface area contributed by atoms with Crippen LogP contribution in [0.15, 0.2) is 16.5 Å². The summed E-state index contributed by atoms with van der Waals surface area (Å²) in [7, 11) is 0. The molecule has 0 aliphatic heterocycles. The van der Waals surface area contributed by atoms with Gasteiger partial charge in [-0.3, -0.25) is 0 Å². The van der Waals surface area contributed by atoms with E-state index in [2.05, 4.69) is 32.2 Å². The molecule has 0 spiro atoms. The Morgan fingerprint density at radius 2 is 2.11 bits per heavy atom. The number of hydrogen-bond donors (Lipinski definition) is 1. The average molecular weight is 247 g/mol. The van der Waals surface area contributed by atoms with E-state index in [0.717, 1.165) is 24.0 Å². The topological polar surface area (TPSA) is 25.2 Å². The highest BCUT2D eigenvalue weighted by molar-refractivity contribution is 5.13. The number of fused-ring (bicyclic) bond motifs is 2. The van der Waals surface area contributed by atoms with Crippen LogP contribution >= 0.6 is 0 Å². The van der Waals surface area contributed by atoms with Gasteiger partial charge in [-0.1, -0.05) is 20.8 Å². The van der Waals surface area contributed by atoms with E-state index in [-0.39, 0.29) is 0 Å². The van der Waals surface area contributed by atoms with Crippen molar-refractivity contribution >= 4 is 0 Å². The van der Waals surface area contributed by atoms with Crippen LogP contribution in [0, 0.1) is 23.7 Å². The monoisotopic (exact) mass is 247 g/mol. The van der Waals surface area contributed by atoms with Crippen molar-refractivity contribution in [2.75, 3.05) is 0 Å². The minimum absolute atomic E-state index is 0.425. The number of aryl methyl sites for hydroxylation is 1. The maximum atomic E-state index is 5.66. The predicted molar refractivity (Wildman–Crippen MR) is 73.3 cm³/mol. The molecule has 1 aromatic heterocycles. The van der Waals surface area contributed by atoms with Gasteiger partial charge in [0.05, 0.1) is 6.54 Å². The summed E-state index contributed by atoms with van der Waals surface area (Å²) >= 11 is 0. The quantitative estimate of drug-likeness (QED) is 0.876. The standard InChI is InChI=1S/C16H25NO/c1-11-5-6-13(18-11)10-17-14-15(2,3)12-7-8-16(14,4)9-12/h5-6,12,14,17H,7-10H2,1-4H3/t12-,14?,16+/m0/s1. The first-order valence-corrected chi connectivity index (χ1v) is 7.20. The number of furan rings is 1. The van der Waals surface area contributed by atoms with E-state index in [1.165, 1.54) is 19.3 Å². The second-order valence-electron chi connectivity index (χ2n) is 7.24. The molecule has 2 bridgehead atoms. The van der Waals surface area contributed by atoms with Gasteiger partial charge < -0.3 is 9.73 Å². The van der Waals surface area contributed by atoms with Crippen LogP contribution in [0.25, 0.3) is 0 Å². The zero-order valence-electron chi connectivity index (χ0n) is 12.0. The van der Waals surface area contributed by atoms with Gasteiger partial charge in [0.1, 0.15) is 11.5 Å². The lowest BCUT2D eigenvalue weighted by atomic mass is 9.68. The highest BCUT2D eigenvalue weighted by atomic mass is 16.3. The molecule has 0 saturated heterocycles. The fraction of sp³-hybridized carbons (Fsp3) is 0.750. The largest absolute Gasteiger partial charge is 0.465 e. The Labute approximate surface area is 110 Å². The maximum absolute atomic E-state index is 5.66. The second-order valence-corrected chi connectivity index (χ2v) is 7.24. The van der Waals surface area contributed by atoms with Crippen LogP contribution in [0.3, 0.4) is 0 Å². The van der Waals surface area contributed by atoms with E-state index in [1.54, 1.807) is 0 Å². The Balaban J connectivity index is 1.72. The molecule has 2 heteroatoms. The van der Waals surface area contributed by atoms with Crippen LogP contribution in [0.5, 0.6) is 0 Å². The summed E-state index contributed by atoms with van der Waals surface area (Å²) in [5, 5.41) is 3.78. The van der Waals surface area contributed by atoms with Crippen molar-refractivity contribution in [3.63, 3.8) is 0 Å². The van der Waals surface area contributed by atoms with Crippen molar-refractivity contribution in [1.82, 2.24) is 5.32 Å². The van der Waals surface area contributed by atoms with Crippen molar-refractivity contribution in [3.8, 4) is 0 Å². The number of rotatable bonds is 3. The summed E-state index contributed by atoms with van der Waals surface area (Å²) in [6.45, 7) is 10.2. The normalized spacial score (nSPS) is 37.3. The Bertz CT molecular complexity index is 443. The molecule has 1 unspecified atom stereocenters. The van der Waals surface area contributed by atoms with Crippen molar-refractivity contribution < 1.29 is 4.42 Å². The molecule has 2 aliphatic carbocycles. The van der Waals surface area contributed by atoms with Gasteiger partial charge in [0.25, 0.3) is 0 Å². The third kappa shape index (κ3) is 1.73. The van der Waals surface area contributed by atoms with Crippen molar-refractivity contribution in [2.24, 2.45) is 16.7 Å². The summed E-state index contributed by atoms with van der Waals surface area (Å²) < 4.78 is 5.66. The Morgan fingerprint density at radius 3 is 2.67 bits per heavy atom. The minimum Gasteiger partial charge on any atom is -0.465 e. The molecule has 0 amide bonds. The molecule has 1 N–H and O–H groups in total. The summed E-state index contributed by atoms with van der Waals surface area (Å²) in [6.07, 6.45) is 4.20. The molecule has 1 heterocycles. The fourth-order valence-electron chi connectivity index (χ4n) is 4.59. The molecular weight excluding hydrogens is 222 g/mol. The highest BCUT2D eigenvalue weighted by Crippen LogP contribution is 2.62. The van der Waals surface area contributed by atoms with Gasteiger partial charge >= 0.3 is 0 Å². The van der Waals surface area contributed by atoms with Crippen LogP contribution in [0.1, 0.15) is 51.6 Å². The van der Waals surface area contributed by atoms with Crippen LogP contribution in [0.2, 0.25) is 0 Å². The lowest BCUT2D eigenvalue weighted by Crippen LogP contribution is -2.49. The van der Waals surface area contributed by atoms with Gasteiger partial charge in [0.2, 0.25) is 0 Å².